The summed E-state index contributed by atoms with van der Waals surface area (Å²) in [5.74, 6) is 0.355. The molecule has 1 aromatic carbocycles. The minimum Gasteiger partial charge on any atom is -0.339 e. The number of ketones is 1. The molecule has 0 saturated heterocycles. The highest BCUT2D eigenvalue weighted by Gasteiger charge is 2.26. The van der Waals surface area contributed by atoms with Gasteiger partial charge in [-0.25, -0.2) is 0 Å². The fourth-order valence-corrected chi connectivity index (χ4v) is 2.87. The van der Waals surface area contributed by atoms with E-state index in [0.717, 1.165) is 28.4 Å². The fraction of sp³-hybridized carbons (Fsp3) is 0.467. The summed E-state index contributed by atoms with van der Waals surface area (Å²) in [6.45, 7) is 1.94. The van der Waals surface area contributed by atoms with E-state index in [2.05, 4.69) is 15.9 Å². The molecule has 0 aromatic heterocycles. The largest absolute Gasteiger partial charge is 0.339 e. The van der Waals surface area contributed by atoms with Gasteiger partial charge in [0.05, 0.1) is 0 Å². The molecule has 0 heterocycles. The highest BCUT2D eigenvalue weighted by molar-refractivity contribution is 9.10. The first kappa shape index (κ1) is 14.3. The van der Waals surface area contributed by atoms with E-state index in [1.165, 1.54) is 0 Å². The van der Waals surface area contributed by atoms with Crippen LogP contribution in [0.1, 0.15) is 41.6 Å². The van der Waals surface area contributed by atoms with Crippen LogP contribution < -0.4 is 0 Å². The van der Waals surface area contributed by atoms with Crippen LogP contribution in [0.3, 0.4) is 0 Å². The molecule has 0 unspecified atom stereocenters. The van der Waals surface area contributed by atoms with E-state index in [1.54, 1.807) is 4.90 Å². The van der Waals surface area contributed by atoms with Gasteiger partial charge in [-0.05, 0) is 37.5 Å². The molecule has 102 valence electrons. The van der Waals surface area contributed by atoms with Crippen molar-refractivity contribution in [2.24, 2.45) is 0 Å². The van der Waals surface area contributed by atoms with Crippen molar-refractivity contribution in [3.05, 3.63) is 33.8 Å². The molecular weight excluding hydrogens is 306 g/mol. The fourth-order valence-electron chi connectivity index (χ4n) is 2.51. The highest BCUT2D eigenvalue weighted by atomic mass is 79.9. The third kappa shape index (κ3) is 3.06. The predicted octanol–water partition coefficient (Wildman–Crippen LogP) is 3.34. The Morgan fingerprint density at radius 3 is 2.58 bits per heavy atom. The van der Waals surface area contributed by atoms with Crippen LogP contribution in [0.4, 0.5) is 0 Å². The van der Waals surface area contributed by atoms with Crippen molar-refractivity contribution in [1.29, 1.82) is 0 Å². The summed E-state index contributed by atoms with van der Waals surface area (Å²) in [7, 11) is 1.84. The summed E-state index contributed by atoms with van der Waals surface area (Å²) in [5, 5.41) is 0. The lowest BCUT2D eigenvalue weighted by atomic mass is 9.93. The van der Waals surface area contributed by atoms with E-state index in [9.17, 15) is 9.59 Å². The number of hydrogen-bond donors (Lipinski definition) is 0. The van der Waals surface area contributed by atoms with Crippen LogP contribution in [-0.4, -0.2) is 29.7 Å². The van der Waals surface area contributed by atoms with Crippen molar-refractivity contribution in [1.82, 2.24) is 4.90 Å². The number of rotatable bonds is 2. The Hall–Kier alpha value is -1.16. The standard InChI is InChI=1S/C15H18BrNO2/c1-10-13(4-3-5-14(10)16)15(19)17(2)11-6-8-12(18)9-7-11/h3-5,11H,6-9H2,1-2H3. The Kier molecular flexibility index (Phi) is 4.40. The maximum absolute atomic E-state index is 12.5. The molecule has 3 nitrogen and oxygen atoms in total. The quantitative estimate of drug-likeness (QED) is 0.837. The summed E-state index contributed by atoms with van der Waals surface area (Å²) in [5.41, 5.74) is 1.69. The van der Waals surface area contributed by atoms with Crippen molar-refractivity contribution in [3.63, 3.8) is 0 Å². The number of hydrogen-bond acceptors (Lipinski definition) is 2. The lowest BCUT2D eigenvalue weighted by Gasteiger charge is -2.31. The van der Waals surface area contributed by atoms with E-state index >= 15 is 0 Å². The van der Waals surface area contributed by atoms with Crippen LogP contribution in [0, 0.1) is 6.92 Å². The first-order chi connectivity index (χ1) is 9.00. The Bertz CT molecular complexity index is 503. The predicted molar refractivity (Wildman–Crippen MR) is 78.2 cm³/mol. The smallest absolute Gasteiger partial charge is 0.254 e. The van der Waals surface area contributed by atoms with Gasteiger partial charge >= 0.3 is 0 Å². The molecule has 1 aliphatic carbocycles. The van der Waals surface area contributed by atoms with Gasteiger partial charge in [0.25, 0.3) is 5.91 Å². The summed E-state index contributed by atoms with van der Waals surface area (Å²) < 4.78 is 0.950. The van der Waals surface area contributed by atoms with Crippen LogP contribution in [0.15, 0.2) is 22.7 Å². The molecule has 19 heavy (non-hydrogen) atoms. The van der Waals surface area contributed by atoms with Gasteiger partial charge < -0.3 is 4.90 Å². The van der Waals surface area contributed by atoms with Gasteiger partial charge in [0, 0.05) is 36.0 Å². The minimum absolute atomic E-state index is 0.0400. The van der Waals surface area contributed by atoms with Gasteiger partial charge in [-0.2, -0.15) is 0 Å². The molecule has 1 aliphatic rings. The molecule has 0 atom stereocenters. The average Bonchev–Trinajstić information content (AvgIpc) is 2.41. The Morgan fingerprint density at radius 2 is 1.95 bits per heavy atom. The van der Waals surface area contributed by atoms with Crippen molar-refractivity contribution >= 4 is 27.6 Å². The molecule has 4 heteroatoms. The molecule has 0 radical (unpaired) electrons. The molecule has 1 amide bonds. The van der Waals surface area contributed by atoms with Gasteiger partial charge in [-0.3, -0.25) is 9.59 Å². The number of carbonyl (C=O) groups excluding carboxylic acids is 2. The number of amides is 1. The summed E-state index contributed by atoms with van der Waals surface area (Å²) in [6.07, 6.45) is 2.77. The second kappa shape index (κ2) is 5.87. The monoisotopic (exact) mass is 323 g/mol. The third-order valence-corrected chi connectivity index (χ3v) is 4.74. The van der Waals surface area contributed by atoms with Crippen LogP contribution >= 0.6 is 15.9 Å². The van der Waals surface area contributed by atoms with Crippen molar-refractivity contribution in [2.45, 2.75) is 38.6 Å². The Labute approximate surface area is 122 Å². The zero-order valence-corrected chi connectivity index (χ0v) is 12.9. The molecule has 0 aliphatic heterocycles. The molecule has 1 fully saturated rings. The number of Topliss-reactive ketones (excluding diaryl/α,β-unsaturated/α-hetero) is 1. The lowest BCUT2D eigenvalue weighted by Crippen LogP contribution is -2.39. The van der Waals surface area contributed by atoms with E-state index in [4.69, 9.17) is 0 Å². The Morgan fingerprint density at radius 1 is 1.32 bits per heavy atom. The number of halogens is 1. The van der Waals surface area contributed by atoms with Crippen LogP contribution in [-0.2, 0) is 4.79 Å². The third-order valence-electron chi connectivity index (χ3n) is 3.88. The second-order valence-electron chi connectivity index (χ2n) is 5.10. The van der Waals surface area contributed by atoms with Gasteiger partial charge in [0.15, 0.2) is 0 Å². The van der Waals surface area contributed by atoms with E-state index in [1.807, 2.05) is 32.2 Å². The van der Waals surface area contributed by atoms with Crippen molar-refractivity contribution in [3.8, 4) is 0 Å². The van der Waals surface area contributed by atoms with Gasteiger partial charge in [0.2, 0.25) is 0 Å². The molecule has 1 aromatic rings. The second-order valence-corrected chi connectivity index (χ2v) is 5.95. The number of carbonyl (C=O) groups is 2. The topological polar surface area (TPSA) is 37.4 Å². The molecular formula is C15H18BrNO2. The Balaban J connectivity index is 2.15. The van der Waals surface area contributed by atoms with E-state index in [-0.39, 0.29) is 11.9 Å². The van der Waals surface area contributed by atoms with E-state index < -0.39 is 0 Å². The van der Waals surface area contributed by atoms with Crippen LogP contribution in [0.2, 0.25) is 0 Å². The van der Waals surface area contributed by atoms with Crippen molar-refractivity contribution in [2.75, 3.05) is 7.05 Å². The average molecular weight is 324 g/mol. The normalized spacial score (nSPS) is 16.5. The first-order valence-electron chi connectivity index (χ1n) is 6.54. The van der Waals surface area contributed by atoms with Gasteiger partial charge in [0.1, 0.15) is 5.78 Å². The first-order valence-corrected chi connectivity index (χ1v) is 7.34. The molecule has 1 saturated carbocycles. The zero-order valence-electron chi connectivity index (χ0n) is 11.3. The number of benzene rings is 1. The molecule has 0 spiro atoms. The van der Waals surface area contributed by atoms with Crippen molar-refractivity contribution < 1.29 is 9.59 Å². The molecule has 0 N–H and O–H groups in total. The van der Waals surface area contributed by atoms with Gasteiger partial charge in [-0.15, -0.1) is 0 Å². The molecule has 0 bridgehead atoms. The zero-order chi connectivity index (χ0) is 14.0. The minimum atomic E-state index is 0.0400. The lowest BCUT2D eigenvalue weighted by molar-refractivity contribution is -0.121. The maximum Gasteiger partial charge on any atom is 0.254 e. The SMILES string of the molecule is Cc1c(Br)cccc1C(=O)N(C)C1CCC(=O)CC1. The van der Waals surface area contributed by atoms with Crippen LogP contribution in [0.25, 0.3) is 0 Å². The number of nitrogens with zero attached hydrogens (tertiary/aromatic N) is 1. The summed E-state index contributed by atoms with van der Waals surface area (Å²) in [4.78, 5) is 25.6. The summed E-state index contributed by atoms with van der Waals surface area (Å²) in [6, 6.07) is 5.85. The molecule has 2 rings (SSSR count). The van der Waals surface area contributed by atoms with Crippen LogP contribution in [0.5, 0.6) is 0 Å². The van der Waals surface area contributed by atoms with Gasteiger partial charge in [-0.1, -0.05) is 22.0 Å². The highest BCUT2D eigenvalue weighted by Crippen LogP contribution is 2.24. The summed E-state index contributed by atoms with van der Waals surface area (Å²) >= 11 is 3.45. The maximum atomic E-state index is 12.5. The van der Waals surface area contributed by atoms with E-state index in [0.29, 0.717) is 18.6 Å².